The summed E-state index contributed by atoms with van der Waals surface area (Å²) in [7, 11) is 1.75. The third kappa shape index (κ3) is 3.84. The van der Waals surface area contributed by atoms with Gasteiger partial charge in [-0.05, 0) is 87.4 Å². The van der Waals surface area contributed by atoms with Crippen LogP contribution in [0, 0.1) is 45.3 Å². The number of ether oxygens (including phenoxy) is 1. The van der Waals surface area contributed by atoms with Gasteiger partial charge in [0.2, 0.25) is 0 Å². The van der Waals surface area contributed by atoms with E-state index in [9.17, 15) is 15.0 Å². The van der Waals surface area contributed by atoms with Crippen molar-refractivity contribution in [2.24, 2.45) is 45.3 Å². The van der Waals surface area contributed by atoms with E-state index in [1.165, 1.54) is 6.29 Å². The number of rotatable bonds is 6. The predicted octanol–water partition coefficient (Wildman–Crippen LogP) is 6.11. The van der Waals surface area contributed by atoms with E-state index in [1.54, 1.807) is 7.11 Å². The van der Waals surface area contributed by atoms with Gasteiger partial charge in [0.15, 0.2) is 0 Å². The van der Waals surface area contributed by atoms with Crippen molar-refractivity contribution in [3.8, 4) is 0 Å². The quantitative estimate of drug-likeness (QED) is 0.351. The first-order chi connectivity index (χ1) is 16.2. The van der Waals surface area contributed by atoms with Crippen LogP contribution in [0.3, 0.4) is 0 Å². The summed E-state index contributed by atoms with van der Waals surface area (Å²) in [5.74, 6) is 1.16. The van der Waals surface area contributed by atoms with E-state index in [0.29, 0.717) is 11.8 Å². The second kappa shape index (κ2) is 8.81. The number of hydrogen-bond acceptors (Lipinski definition) is 4. The monoisotopic (exact) mass is 486 g/mol. The summed E-state index contributed by atoms with van der Waals surface area (Å²) in [6.45, 7) is 15.6. The van der Waals surface area contributed by atoms with Gasteiger partial charge in [-0.2, -0.15) is 0 Å². The standard InChI is InChI=1S/C31H50O4/c1-20(10-9-14-27(2,3)35-8)21-13-15-30(7)26-24(33)18-23-22(11-12-25(34)28(23,4)5)31(26,19-32)17-16-29(21,30)6/h9,14,18-22,24-26,33-34H,10-13,15-17H2,1-8H3/b14-9+. The summed E-state index contributed by atoms with van der Waals surface area (Å²) >= 11 is 0. The summed E-state index contributed by atoms with van der Waals surface area (Å²) in [5, 5.41) is 22.5. The Labute approximate surface area is 213 Å². The molecule has 0 radical (unpaired) electrons. The highest BCUT2D eigenvalue weighted by atomic mass is 16.5. The molecule has 0 heterocycles. The van der Waals surface area contributed by atoms with Crippen LogP contribution in [-0.4, -0.2) is 41.4 Å². The van der Waals surface area contributed by atoms with Crippen LogP contribution in [0.15, 0.2) is 23.8 Å². The van der Waals surface area contributed by atoms with Gasteiger partial charge in [-0.3, -0.25) is 0 Å². The van der Waals surface area contributed by atoms with Crippen molar-refractivity contribution in [1.82, 2.24) is 0 Å². The number of fused-ring (bicyclic) bond motifs is 5. The minimum Gasteiger partial charge on any atom is -0.392 e. The molecule has 0 aromatic heterocycles. The molecule has 0 aliphatic heterocycles. The molecule has 4 heteroatoms. The molecular weight excluding hydrogens is 436 g/mol. The number of carbonyl (C=O) groups excluding carboxylic acids is 1. The van der Waals surface area contributed by atoms with E-state index < -0.39 is 23.0 Å². The van der Waals surface area contributed by atoms with Gasteiger partial charge in [0.1, 0.15) is 6.29 Å². The Balaban J connectivity index is 1.68. The molecule has 3 fully saturated rings. The Hall–Kier alpha value is -0.970. The third-order valence-corrected chi connectivity index (χ3v) is 11.9. The van der Waals surface area contributed by atoms with Crippen LogP contribution in [0.25, 0.3) is 0 Å². The lowest BCUT2D eigenvalue weighted by Gasteiger charge is -2.66. The van der Waals surface area contributed by atoms with Crippen LogP contribution >= 0.6 is 0 Å². The summed E-state index contributed by atoms with van der Waals surface area (Å²) < 4.78 is 5.56. The smallest absolute Gasteiger partial charge is 0.127 e. The van der Waals surface area contributed by atoms with E-state index in [-0.39, 0.29) is 28.3 Å². The number of allylic oxidation sites excluding steroid dienone is 1. The Morgan fingerprint density at radius 3 is 2.40 bits per heavy atom. The lowest BCUT2D eigenvalue weighted by Crippen LogP contribution is -2.64. The maximum atomic E-state index is 13.1. The minimum atomic E-state index is -0.642. The minimum absolute atomic E-state index is 0.0637. The van der Waals surface area contributed by atoms with E-state index in [2.05, 4.69) is 66.7 Å². The van der Waals surface area contributed by atoms with Crippen LogP contribution in [0.1, 0.15) is 93.4 Å². The van der Waals surface area contributed by atoms with Crippen molar-refractivity contribution in [1.29, 1.82) is 0 Å². The number of aliphatic hydroxyl groups is 2. The van der Waals surface area contributed by atoms with Crippen molar-refractivity contribution >= 4 is 6.29 Å². The molecule has 0 amide bonds. The van der Waals surface area contributed by atoms with Gasteiger partial charge in [0.25, 0.3) is 0 Å². The summed E-state index contributed by atoms with van der Waals surface area (Å²) in [6.07, 6.45) is 13.4. The van der Waals surface area contributed by atoms with Gasteiger partial charge < -0.3 is 19.7 Å². The second-order valence-corrected chi connectivity index (χ2v) is 14.1. The van der Waals surface area contributed by atoms with Crippen LogP contribution < -0.4 is 0 Å². The number of methoxy groups -OCH3 is 1. The van der Waals surface area contributed by atoms with Crippen molar-refractivity contribution < 1.29 is 19.7 Å². The second-order valence-electron chi connectivity index (χ2n) is 14.1. The van der Waals surface area contributed by atoms with Gasteiger partial charge >= 0.3 is 0 Å². The highest BCUT2D eigenvalue weighted by Crippen LogP contribution is 2.74. The predicted molar refractivity (Wildman–Crippen MR) is 141 cm³/mol. The Kier molecular flexibility index (Phi) is 6.81. The zero-order chi connectivity index (χ0) is 26.0. The molecule has 0 aromatic carbocycles. The SMILES string of the molecule is COC(C)(C)/C=C/CC(C)C1CCC2(C)C3C(O)C=C4C(CCC(O)C4(C)C)C3(C=O)CCC12C. The molecule has 4 aliphatic rings. The lowest BCUT2D eigenvalue weighted by atomic mass is 9.38. The largest absolute Gasteiger partial charge is 0.392 e. The van der Waals surface area contributed by atoms with Crippen LogP contribution in [0.4, 0.5) is 0 Å². The van der Waals surface area contributed by atoms with Crippen molar-refractivity contribution in [2.45, 2.75) is 111 Å². The van der Waals surface area contributed by atoms with E-state index in [0.717, 1.165) is 50.5 Å². The summed E-state index contributed by atoms with van der Waals surface area (Å²) in [6, 6.07) is 0. The molecular formula is C31H50O4. The van der Waals surface area contributed by atoms with Gasteiger partial charge in [0, 0.05) is 23.9 Å². The molecule has 2 N–H and O–H groups in total. The van der Waals surface area contributed by atoms with Gasteiger partial charge in [-0.15, -0.1) is 0 Å². The molecule has 4 aliphatic carbocycles. The number of aliphatic hydroxyl groups excluding tert-OH is 2. The van der Waals surface area contributed by atoms with Crippen LogP contribution in [-0.2, 0) is 9.53 Å². The first-order valence-electron chi connectivity index (χ1n) is 14.0. The number of aldehydes is 1. The average molecular weight is 487 g/mol. The Bertz CT molecular complexity index is 886. The van der Waals surface area contributed by atoms with Crippen LogP contribution in [0.2, 0.25) is 0 Å². The normalized spacial score (nSPS) is 45.9. The van der Waals surface area contributed by atoms with E-state index in [1.807, 2.05) is 0 Å². The summed E-state index contributed by atoms with van der Waals surface area (Å²) in [5.41, 5.74) is -0.0723. The molecule has 0 spiro atoms. The van der Waals surface area contributed by atoms with Crippen molar-refractivity contribution in [3.63, 3.8) is 0 Å². The fourth-order valence-electron chi connectivity index (χ4n) is 9.35. The molecule has 0 bridgehead atoms. The van der Waals surface area contributed by atoms with Gasteiger partial charge in [-0.1, -0.05) is 58.4 Å². The molecule has 3 saturated carbocycles. The highest BCUT2D eigenvalue weighted by Gasteiger charge is 2.70. The highest BCUT2D eigenvalue weighted by molar-refractivity contribution is 5.65. The number of hydrogen-bond donors (Lipinski definition) is 2. The molecule has 9 atom stereocenters. The fourth-order valence-corrected chi connectivity index (χ4v) is 9.35. The molecule has 35 heavy (non-hydrogen) atoms. The first kappa shape index (κ1) is 27.1. The average Bonchev–Trinajstić information content (AvgIpc) is 3.07. The fraction of sp³-hybridized carbons (Fsp3) is 0.839. The van der Waals surface area contributed by atoms with Gasteiger partial charge in [0.05, 0.1) is 17.8 Å². The topological polar surface area (TPSA) is 66.8 Å². The van der Waals surface area contributed by atoms with Gasteiger partial charge in [-0.25, -0.2) is 0 Å². The first-order valence-corrected chi connectivity index (χ1v) is 14.0. The maximum absolute atomic E-state index is 13.1. The van der Waals surface area contributed by atoms with Crippen molar-refractivity contribution in [2.75, 3.05) is 7.11 Å². The number of carbonyl (C=O) groups is 1. The molecule has 198 valence electrons. The van der Waals surface area contributed by atoms with Crippen LogP contribution in [0.5, 0.6) is 0 Å². The Morgan fingerprint density at radius 1 is 1.09 bits per heavy atom. The molecule has 4 rings (SSSR count). The molecule has 0 saturated heterocycles. The zero-order valence-corrected chi connectivity index (χ0v) is 23.4. The third-order valence-electron chi connectivity index (χ3n) is 11.9. The van der Waals surface area contributed by atoms with E-state index >= 15 is 0 Å². The van der Waals surface area contributed by atoms with E-state index in [4.69, 9.17) is 4.74 Å². The molecule has 9 unspecified atom stereocenters. The van der Waals surface area contributed by atoms with Crippen molar-refractivity contribution in [3.05, 3.63) is 23.8 Å². The molecule has 0 aromatic rings. The Morgan fingerprint density at radius 2 is 1.77 bits per heavy atom. The molecule has 4 nitrogen and oxygen atoms in total. The summed E-state index contributed by atoms with van der Waals surface area (Å²) in [4.78, 5) is 13.1. The maximum Gasteiger partial charge on any atom is 0.127 e. The zero-order valence-electron chi connectivity index (χ0n) is 23.4. The lowest BCUT2D eigenvalue weighted by molar-refractivity contribution is -0.182.